The van der Waals surface area contributed by atoms with E-state index in [9.17, 15) is 0 Å². The van der Waals surface area contributed by atoms with Crippen molar-refractivity contribution in [2.24, 2.45) is 0 Å². The summed E-state index contributed by atoms with van der Waals surface area (Å²) in [5.41, 5.74) is 14.4. The summed E-state index contributed by atoms with van der Waals surface area (Å²) < 4.78 is 4.82. The molecule has 6 aromatic carbocycles. The van der Waals surface area contributed by atoms with Crippen LogP contribution in [-0.2, 0) is 41.8 Å². The van der Waals surface area contributed by atoms with Crippen LogP contribution in [0.15, 0.2) is 121 Å². The Kier molecular flexibility index (Phi) is 9.69. The fourth-order valence-corrected chi connectivity index (χ4v) is 8.72. The van der Waals surface area contributed by atoms with E-state index >= 15 is 0 Å². The van der Waals surface area contributed by atoms with Gasteiger partial charge in [0, 0.05) is 64.3 Å². The first-order valence-electron chi connectivity index (χ1n) is 20.9. The third-order valence-electron chi connectivity index (χ3n) is 12.3. The minimum Gasteiger partial charge on any atom is -0.351 e. The van der Waals surface area contributed by atoms with Crippen LogP contribution in [0.3, 0.4) is 0 Å². The standard InChI is InChI=1S/C55H56N3.Ir/c1-52(2,3)35-19-25-46-42(29-35)43-30-36(53(4,5)6)20-26-47(43)57(46)39-23-17-34(18-24-39)51-41-16-14-13-15-40(41)50(33-56-51)58-48-27-21-37(54(7,8)9)31-44(48)45-32-38(55(10,11)12)22-28-49(45)58;/h13-17,19-33H,1-12H3;/q-1;. The maximum Gasteiger partial charge on any atom is 0.0706 e. The number of benzene rings is 6. The van der Waals surface area contributed by atoms with Crippen molar-refractivity contribution in [1.29, 1.82) is 0 Å². The van der Waals surface area contributed by atoms with Crippen molar-refractivity contribution < 1.29 is 20.1 Å². The Bertz CT molecular complexity index is 2930. The summed E-state index contributed by atoms with van der Waals surface area (Å²) in [7, 11) is 0. The summed E-state index contributed by atoms with van der Waals surface area (Å²) >= 11 is 0. The van der Waals surface area contributed by atoms with Crippen molar-refractivity contribution in [1.82, 2.24) is 14.1 Å². The zero-order chi connectivity index (χ0) is 41.1. The average Bonchev–Trinajstić information content (AvgIpc) is 3.67. The van der Waals surface area contributed by atoms with Gasteiger partial charge < -0.3 is 14.1 Å². The number of hydrogen-bond acceptors (Lipinski definition) is 1. The third-order valence-corrected chi connectivity index (χ3v) is 12.3. The monoisotopic (exact) mass is 951 g/mol. The first kappa shape index (κ1) is 40.7. The smallest absolute Gasteiger partial charge is 0.0706 e. The van der Waals surface area contributed by atoms with Crippen LogP contribution in [0.1, 0.15) is 105 Å². The van der Waals surface area contributed by atoms with E-state index < -0.39 is 0 Å². The molecule has 9 rings (SSSR count). The van der Waals surface area contributed by atoms with Crippen LogP contribution in [0, 0.1) is 6.07 Å². The fraction of sp³-hybridized carbons (Fsp3) is 0.291. The second-order valence-electron chi connectivity index (χ2n) is 20.6. The molecule has 0 saturated carbocycles. The summed E-state index contributed by atoms with van der Waals surface area (Å²) in [5.74, 6) is 0. The van der Waals surface area contributed by atoms with Gasteiger partial charge in [0.1, 0.15) is 0 Å². The summed E-state index contributed by atoms with van der Waals surface area (Å²) in [6.07, 6.45) is 2.07. The SMILES string of the molecule is CC(C)(C)c1ccc2c(c1)c1cc(C(C)(C)C)ccc1n2-c1c[c-]c(-c2ncc(-n3c4ccc(C(C)(C)C)cc4c4cc(C(C)(C)C)ccc43)c3ccccc23)cc1.[Ir]. The summed E-state index contributed by atoms with van der Waals surface area (Å²) in [5, 5.41) is 7.40. The van der Waals surface area contributed by atoms with E-state index in [0.29, 0.717) is 0 Å². The van der Waals surface area contributed by atoms with Crippen LogP contribution in [0.5, 0.6) is 0 Å². The molecule has 0 amide bonds. The Morgan fingerprint density at radius 3 is 1.19 bits per heavy atom. The Hall–Kier alpha value is -5.02. The Balaban J connectivity index is 0.00000484. The van der Waals surface area contributed by atoms with E-state index in [-0.39, 0.29) is 41.8 Å². The van der Waals surface area contributed by atoms with Gasteiger partial charge in [0.15, 0.2) is 0 Å². The molecular formula is C55H56IrN3-. The summed E-state index contributed by atoms with van der Waals surface area (Å²) in [6.45, 7) is 27.5. The molecule has 0 unspecified atom stereocenters. The number of aromatic nitrogens is 3. The molecule has 3 nitrogen and oxygen atoms in total. The molecule has 0 aliphatic rings. The predicted molar refractivity (Wildman–Crippen MR) is 249 cm³/mol. The zero-order valence-corrected chi connectivity index (χ0v) is 39.1. The van der Waals surface area contributed by atoms with Gasteiger partial charge in [0.05, 0.1) is 16.7 Å². The van der Waals surface area contributed by atoms with E-state index in [1.54, 1.807) is 0 Å². The molecule has 1 radical (unpaired) electrons. The van der Waals surface area contributed by atoms with Crippen molar-refractivity contribution in [2.45, 2.75) is 105 Å². The normalized spacial score (nSPS) is 12.9. The number of fused-ring (bicyclic) bond motifs is 7. The zero-order valence-electron chi connectivity index (χ0n) is 36.7. The largest absolute Gasteiger partial charge is 0.351 e. The molecule has 4 heteroatoms. The Morgan fingerprint density at radius 1 is 0.424 bits per heavy atom. The number of rotatable bonds is 3. The molecule has 0 fully saturated rings. The van der Waals surface area contributed by atoms with Gasteiger partial charge in [0.25, 0.3) is 0 Å². The second-order valence-corrected chi connectivity index (χ2v) is 20.6. The van der Waals surface area contributed by atoms with E-state index in [4.69, 9.17) is 4.98 Å². The topological polar surface area (TPSA) is 22.8 Å². The van der Waals surface area contributed by atoms with Gasteiger partial charge in [-0.15, -0.1) is 29.8 Å². The average molecular weight is 951 g/mol. The molecule has 3 heterocycles. The predicted octanol–water partition coefficient (Wildman–Crippen LogP) is 15.1. The first-order valence-corrected chi connectivity index (χ1v) is 20.9. The molecule has 3 aromatic heterocycles. The van der Waals surface area contributed by atoms with Crippen molar-refractivity contribution in [3.05, 3.63) is 150 Å². The van der Waals surface area contributed by atoms with Gasteiger partial charge in [-0.25, -0.2) is 0 Å². The van der Waals surface area contributed by atoms with Crippen LogP contribution in [0.4, 0.5) is 0 Å². The quantitative estimate of drug-likeness (QED) is 0.162. The first-order chi connectivity index (χ1) is 27.3. The van der Waals surface area contributed by atoms with Crippen LogP contribution >= 0.6 is 0 Å². The number of pyridine rings is 1. The molecule has 0 bridgehead atoms. The van der Waals surface area contributed by atoms with Gasteiger partial charge in [0.2, 0.25) is 0 Å². The molecule has 59 heavy (non-hydrogen) atoms. The minimum absolute atomic E-state index is 0. The van der Waals surface area contributed by atoms with E-state index in [1.165, 1.54) is 65.9 Å². The molecule has 0 N–H and O–H groups in total. The molecule has 0 aliphatic carbocycles. The maximum atomic E-state index is 5.26. The van der Waals surface area contributed by atoms with Gasteiger partial charge in [-0.2, -0.15) is 0 Å². The fourth-order valence-electron chi connectivity index (χ4n) is 8.72. The van der Waals surface area contributed by atoms with Crippen molar-refractivity contribution in [3.8, 4) is 22.6 Å². The molecule has 0 atom stereocenters. The molecule has 0 saturated heterocycles. The van der Waals surface area contributed by atoms with Gasteiger partial charge in [-0.1, -0.05) is 132 Å². The molecule has 9 aromatic rings. The Labute approximate surface area is 363 Å². The van der Waals surface area contributed by atoms with Crippen molar-refractivity contribution in [3.63, 3.8) is 0 Å². The van der Waals surface area contributed by atoms with Gasteiger partial charge in [-0.05, 0) is 109 Å². The molecule has 301 valence electrons. The van der Waals surface area contributed by atoms with E-state index in [1.807, 2.05) is 0 Å². The Morgan fingerprint density at radius 2 is 0.814 bits per heavy atom. The van der Waals surface area contributed by atoms with Crippen molar-refractivity contribution >= 4 is 54.4 Å². The summed E-state index contributed by atoms with van der Waals surface area (Å²) in [4.78, 5) is 5.26. The second kappa shape index (κ2) is 14.0. The summed E-state index contributed by atoms with van der Waals surface area (Å²) in [6, 6.07) is 47.0. The maximum absolute atomic E-state index is 5.26. The van der Waals surface area contributed by atoms with Crippen molar-refractivity contribution in [2.75, 3.05) is 0 Å². The van der Waals surface area contributed by atoms with E-state index in [0.717, 1.165) is 33.4 Å². The molecule has 0 spiro atoms. The minimum atomic E-state index is 0. The van der Waals surface area contributed by atoms with Gasteiger partial charge in [-0.3, -0.25) is 0 Å². The van der Waals surface area contributed by atoms with Gasteiger partial charge >= 0.3 is 0 Å². The van der Waals surface area contributed by atoms with Crippen LogP contribution in [0.25, 0.3) is 77.0 Å². The van der Waals surface area contributed by atoms with Crippen LogP contribution < -0.4 is 0 Å². The molecule has 0 aliphatic heterocycles. The number of nitrogens with zero attached hydrogens (tertiary/aromatic N) is 3. The van der Waals surface area contributed by atoms with E-state index in [2.05, 4.69) is 220 Å². The third kappa shape index (κ3) is 6.93. The van der Waals surface area contributed by atoms with Crippen LogP contribution in [0.2, 0.25) is 0 Å². The molecular weight excluding hydrogens is 895 g/mol. The number of hydrogen-bond donors (Lipinski definition) is 0. The van der Waals surface area contributed by atoms with Crippen LogP contribution in [-0.4, -0.2) is 14.1 Å².